The maximum Gasteiger partial charge on any atom is 0.119 e. The molecule has 0 radical (unpaired) electrons. The third-order valence-electron chi connectivity index (χ3n) is 1.41. The van der Waals surface area contributed by atoms with Crippen molar-refractivity contribution in [2.45, 2.75) is 12.7 Å². The minimum atomic E-state index is 0.334. The molecule has 0 aliphatic carbocycles. The van der Waals surface area contributed by atoms with Crippen molar-refractivity contribution in [3.05, 3.63) is 29.3 Å². The van der Waals surface area contributed by atoms with E-state index >= 15 is 0 Å². The molecule has 1 nitrogen and oxygen atoms in total. The fourth-order valence-corrected chi connectivity index (χ4v) is 1.09. The summed E-state index contributed by atoms with van der Waals surface area (Å²) in [6.07, 6.45) is 0. The normalized spacial score (nSPS) is 9.80. The summed E-state index contributed by atoms with van der Waals surface area (Å²) in [5.74, 6) is 0.925. The maximum atomic E-state index is 9.19. The van der Waals surface area contributed by atoms with Gasteiger partial charge < -0.3 is 5.11 Å². The van der Waals surface area contributed by atoms with Crippen LogP contribution in [0.5, 0.6) is 5.75 Å². The molecule has 0 aliphatic rings. The van der Waals surface area contributed by atoms with Crippen LogP contribution in [0.1, 0.15) is 11.1 Å². The van der Waals surface area contributed by atoms with E-state index in [1.54, 1.807) is 6.07 Å². The van der Waals surface area contributed by atoms with E-state index in [0.29, 0.717) is 11.5 Å². The fraction of sp³-hybridized carbons (Fsp3) is 0.250. The largest absolute Gasteiger partial charge is 0.508 e. The lowest BCUT2D eigenvalue weighted by atomic mass is 10.1. The molecule has 0 unspecified atom stereocenters. The number of rotatable bonds is 1. The van der Waals surface area contributed by atoms with Gasteiger partial charge >= 0.3 is 0 Å². The highest BCUT2D eigenvalue weighted by atomic mass is 32.1. The van der Waals surface area contributed by atoms with Gasteiger partial charge in [-0.25, -0.2) is 0 Å². The van der Waals surface area contributed by atoms with E-state index in [-0.39, 0.29) is 0 Å². The molecular formula is C8H10OS. The Bertz CT molecular complexity index is 233. The van der Waals surface area contributed by atoms with Crippen LogP contribution >= 0.6 is 12.6 Å². The van der Waals surface area contributed by atoms with Crippen LogP contribution in [0.4, 0.5) is 0 Å². The van der Waals surface area contributed by atoms with Crippen LogP contribution in [0.3, 0.4) is 0 Å². The third kappa shape index (κ3) is 1.45. The van der Waals surface area contributed by atoms with E-state index in [4.69, 9.17) is 0 Å². The molecule has 1 N–H and O–H groups in total. The van der Waals surface area contributed by atoms with Crippen molar-refractivity contribution in [1.29, 1.82) is 0 Å². The molecule has 0 saturated carbocycles. The molecule has 2 heteroatoms. The third-order valence-corrected chi connectivity index (χ3v) is 1.75. The van der Waals surface area contributed by atoms with Gasteiger partial charge in [0, 0.05) is 11.3 Å². The van der Waals surface area contributed by atoms with Crippen LogP contribution in [-0.2, 0) is 5.75 Å². The van der Waals surface area contributed by atoms with Gasteiger partial charge in [0.2, 0.25) is 0 Å². The Morgan fingerprint density at radius 2 is 2.20 bits per heavy atom. The van der Waals surface area contributed by atoms with Gasteiger partial charge in [-0.2, -0.15) is 12.6 Å². The highest BCUT2D eigenvalue weighted by molar-refractivity contribution is 7.79. The van der Waals surface area contributed by atoms with Gasteiger partial charge in [-0.05, 0) is 13.0 Å². The second kappa shape index (κ2) is 2.97. The van der Waals surface area contributed by atoms with Crippen molar-refractivity contribution >= 4 is 12.6 Å². The van der Waals surface area contributed by atoms with Gasteiger partial charge in [0.25, 0.3) is 0 Å². The van der Waals surface area contributed by atoms with Crippen LogP contribution in [0.2, 0.25) is 0 Å². The summed E-state index contributed by atoms with van der Waals surface area (Å²) in [5, 5.41) is 9.19. The number of aryl methyl sites for hydroxylation is 1. The van der Waals surface area contributed by atoms with E-state index in [2.05, 4.69) is 12.6 Å². The van der Waals surface area contributed by atoms with E-state index in [0.717, 1.165) is 11.1 Å². The predicted molar refractivity (Wildman–Crippen MR) is 45.5 cm³/mol. The predicted octanol–water partition coefficient (Wildman–Crippen LogP) is 2.13. The molecule has 1 aromatic rings. The second-order valence-electron chi connectivity index (χ2n) is 2.29. The van der Waals surface area contributed by atoms with Crippen molar-refractivity contribution in [3.8, 4) is 5.75 Å². The van der Waals surface area contributed by atoms with E-state index in [1.165, 1.54) is 0 Å². The summed E-state index contributed by atoms with van der Waals surface area (Å²) in [4.78, 5) is 0. The molecule has 0 aromatic heterocycles. The van der Waals surface area contributed by atoms with Crippen LogP contribution < -0.4 is 0 Å². The smallest absolute Gasteiger partial charge is 0.119 e. The lowest BCUT2D eigenvalue weighted by molar-refractivity contribution is 0.470. The minimum absolute atomic E-state index is 0.334. The number of phenolic OH excluding ortho intramolecular Hbond substituents is 1. The Hall–Kier alpha value is -0.630. The summed E-state index contributed by atoms with van der Waals surface area (Å²) in [5.41, 5.74) is 2.05. The Kier molecular flexibility index (Phi) is 2.22. The van der Waals surface area contributed by atoms with E-state index < -0.39 is 0 Å². The number of hydrogen-bond donors (Lipinski definition) is 2. The summed E-state index contributed by atoms with van der Waals surface area (Å²) in [6, 6.07) is 5.51. The summed E-state index contributed by atoms with van der Waals surface area (Å²) in [7, 11) is 0. The molecule has 0 saturated heterocycles. The topological polar surface area (TPSA) is 20.2 Å². The maximum absolute atomic E-state index is 9.19. The first kappa shape index (κ1) is 7.48. The number of thiol groups is 1. The second-order valence-corrected chi connectivity index (χ2v) is 2.61. The molecule has 54 valence electrons. The number of phenols is 1. The summed E-state index contributed by atoms with van der Waals surface area (Å²) >= 11 is 4.07. The van der Waals surface area contributed by atoms with Crippen molar-refractivity contribution in [2.75, 3.05) is 0 Å². The molecule has 1 rings (SSSR count). The van der Waals surface area contributed by atoms with Crippen molar-refractivity contribution < 1.29 is 5.11 Å². The first-order valence-corrected chi connectivity index (χ1v) is 3.76. The lowest BCUT2D eigenvalue weighted by Crippen LogP contribution is -1.80. The minimum Gasteiger partial charge on any atom is -0.508 e. The van der Waals surface area contributed by atoms with Crippen LogP contribution in [0.15, 0.2) is 18.2 Å². The van der Waals surface area contributed by atoms with Gasteiger partial charge in [-0.15, -0.1) is 0 Å². The van der Waals surface area contributed by atoms with Crippen molar-refractivity contribution in [3.63, 3.8) is 0 Å². The molecule has 0 fully saturated rings. The summed E-state index contributed by atoms with van der Waals surface area (Å²) < 4.78 is 0. The number of hydrogen-bond acceptors (Lipinski definition) is 2. The number of benzene rings is 1. The average molecular weight is 154 g/mol. The molecule has 0 spiro atoms. The number of aromatic hydroxyl groups is 1. The van der Waals surface area contributed by atoms with E-state index in [9.17, 15) is 5.11 Å². The Labute approximate surface area is 66.1 Å². The zero-order valence-electron chi connectivity index (χ0n) is 5.83. The molecule has 0 heterocycles. The molecule has 0 amide bonds. The molecular weight excluding hydrogens is 144 g/mol. The Balaban J connectivity index is 3.09. The molecule has 10 heavy (non-hydrogen) atoms. The van der Waals surface area contributed by atoms with Gasteiger partial charge in [-0.3, -0.25) is 0 Å². The van der Waals surface area contributed by atoms with Gasteiger partial charge in [0.1, 0.15) is 5.75 Å². The Morgan fingerprint density at radius 1 is 1.50 bits per heavy atom. The molecule has 0 bridgehead atoms. The van der Waals surface area contributed by atoms with Crippen LogP contribution in [-0.4, -0.2) is 5.11 Å². The van der Waals surface area contributed by atoms with Gasteiger partial charge in [-0.1, -0.05) is 17.7 Å². The molecule has 0 atom stereocenters. The van der Waals surface area contributed by atoms with Crippen molar-refractivity contribution in [1.82, 2.24) is 0 Å². The fourth-order valence-electron chi connectivity index (χ4n) is 0.841. The van der Waals surface area contributed by atoms with Gasteiger partial charge in [0.15, 0.2) is 0 Å². The van der Waals surface area contributed by atoms with Gasteiger partial charge in [0.05, 0.1) is 0 Å². The van der Waals surface area contributed by atoms with E-state index in [1.807, 2.05) is 19.1 Å². The SMILES string of the molecule is Cc1ccc(O)c(CS)c1. The quantitative estimate of drug-likeness (QED) is 0.594. The first-order chi connectivity index (χ1) is 4.74. The molecule has 0 aliphatic heterocycles. The highest BCUT2D eigenvalue weighted by Gasteiger charge is 1.96. The standard InChI is InChI=1S/C8H10OS/c1-6-2-3-8(9)7(4-6)5-10/h2-4,9-10H,5H2,1H3. The Morgan fingerprint density at radius 3 is 2.70 bits per heavy atom. The zero-order chi connectivity index (χ0) is 7.56. The first-order valence-electron chi connectivity index (χ1n) is 3.13. The highest BCUT2D eigenvalue weighted by Crippen LogP contribution is 2.19. The zero-order valence-corrected chi connectivity index (χ0v) is 6.73. The summed E-state index contributed by atoms with van der Waals surface area (Å²) in [6.45, 7) is 1.99. The molecule has 1 aromatic carbocycles. The van der Waals surface area contributed by atoms with Crippen molar-refractivity contribution in [2.24, 2.45) is 0 Å². The monoisotopic (exact) mass is 154 g/mol. The average Bonchev–Trinajstić information content (AvgIpc) is 1.94. The van der Waals surface area contributed by atoms with Crippen LogP contribution in [0, 0.1) is 6.92 Å². The van der Waals surface area contributed by atoms with Crippen LogP contribution in [0.25, 0.3) is 0 Å². The lowest BCUT2D eigenvalue weighted by Gasteiger charge is -2.00.